The van der Waals surface area contributed by atoms with Gasteiger partial charge in [-0.05, 0) is 71.8 Å². The van der Waals surface area contributed by atoms with Gasteiger partial charge in [-0.15, -0.1) is 0 Å². The van der Waals surface area contributed by atoms with Crippen molar-refractivity contribution in [1.82, 2.24) is 0 Å². The highest BCUT2D eigenvalue weighted by atomic mass is 35.5. The fraction of sp³-hybridized carbons (Fsp3) is 0.121. The minimum absolute atomic E-state index is 0.313. The summed E-state index contributed by atoms with van der Waals surface area (Å²) in [6.45, 7) is 0. The molecule has 1 saturated heterocycles. The molecule has 4 atom stereocenters. The Hall–Kier alpha value is -4.39. The van der Waals surface area contributed by atoms with Crippen LogP contribution in [0.2, 0.25) is 10.0 Å². The Bertz CT molecular complexity index is 1750. The van der Waals surface area contributed by atoms with Crippen molar-refractivity contribution in [3.8, 4) is 0 Å². The predicted octanol–water partition coefficient (Wildman–Crippen LogP) is 6.61. The maximum atomic E-state index is 14.7. The minimum atomic E-state index is -1.38. The van der Waals surface area contributed by atoms with E-state index in [1.807, 2.05) is 65.6 Å². The second-order valence-corrected chi connectivity index (χ2v) is 11.3. The lowest BCUT2D eigenvalue weighted by molar-refractivity contribution is -0.122. The Morgan fingerprint density at radius 2 is 1.49 bits per heavy atom. The predicted molar refractivity (Wildman–Crippen MR) is 162 cm³/mol. The maximum Gasteiger partial charge on any atom is 0.247 e. The van der Waals surface area contributed by atoms with Crippen LogP contribution in [0.4, 0.5) is 17.1 Å². The van der Waals surface area contributed by atoms with E-state index < -0.39 is 29.3 Å². The van der Waals surface area contributed by atoms with Crippen molar-refractivity contribution < 1.29 is 14.4 Å². The van der Waals surface area contributed by atoms with Gasteiger partial charge >= 0.3 is 0 Å². The summed E-state index contributed by atoms with van der Waals surface area (Å²) >= 11 is 12.2. The number of nitrogens with zero attached hydrogens (tertiary/aromatic N) is 1. The third-order valence-corrected chi connectivity index (χ3v) is 8.84. The van der Waals surface area contributed by atoms with E-state index in [1.165, 1.54) is 0 Å². The fourth-order valence-corrected chi connectivity index (χ4v) is 6.91. The van der Waals surface area contributed by atoms with Gasteiger partial charge in [-0.1, -0.05) is 71.8 Å². The van der Waals surface area contributed by atoms with E-state index in [0.29, 0.717) is 32.5 Å². The molecule has 4 aromatic rings. The molecule has 4 aromatic carbocycles. The molecular formula is C33H23Cl2N3O3. The molecule has 1 unspecified atom stereocenters. The summed E-state index contributed by atoms with van der Waals surface area (Å²) in [5.74, 6) is -2.10. The lowest BCUT2D eigenvalue weighted by Gasteiger charge is -2.37. The van der Waals surface area contributed by atoms with Crippen LogP contribution in [0.1, 0.15) is 21.5 Å². The standard InChI is InChI=1S/C33H23Cl2N3O3/c34-21-12-9-20(10-13-21)30(39)28-29(31(40)36-23-16-14-22(35)15-17-23)38-26-8-4-1-5-19(26)11-18-27(38)33(28)24-6-2-3-7-25(24)37-32(33)41/h1-18,27-29H,(H,36,40)(H,37,41)/t27?,28-,29+,33+/m1/s1. The summed E-state index contributed by atoms with van der Waals surface area (Å²) in [5.41, 5.74) is 2.53. The van der Waals surface area contributed by atoms with Gasteiger partial charge in [0.05, 0.1) is 12.0 Å². The molecule has 41 heavy (non-hydrogen) atoms. The number of hydrogen-bond acceptors (Lipinski definition) is 4. The van der Waals surface area contributed by atoms with Crippen LogP contribution in [0.5, 0.6) is 0 Å². The zero-order chi connectivity index (χ0) is 28.3. The molecule has 1 fully saturated rings. The Morgan fingerprint density at radius 1 is 0.829 bits per heavy atom. The number of hydrogen-bond donors (Lipinski definition) is 2. The molecule has 2 amide bonds. The molecule has 2 N–H and O–H groups in total. The van der Waals surface area contributed by atoms with Crippen LogP contribution in [-0.4, -0.2) is 29.7 Å². The van der Waals surface area contributed by atoms with Gasteiger partial charge in [0.15, 0.2) is 5.78 Å². The summed E-state index contributed by atoms with van der Waals surface area (Å²) in [5, 5.41) is 7.05. The van der Waals surface area contributed by atoms with Gasteiger partial charge in [-0.25, -0.2) is 0 Å². The summed E-state index contributed by atoms with van der Waals surface area (Å²) in [7, 11) is 0. The van der Waals surface area contributed by atoms with Gasteiger partial charge < -0.3 is 15.5 Å². The number of fused-ring (bicyclic) bond motifs is 6. The average Bonchev–Trinajstić information content (AvgIpc) is 3.47. The lowest BCUT2D eigenvalue weighted by atomic mass is 9.64. The highest BCUT2D eigenvalue weighted by Gasteiger charge is 2.70. The smallest absolute Gasteiger partial charge is 0.247 e. The van der Waals surface area contributed by atoms with Crippen LogP contribution in [0.15, 0.2) is 103 Å². The number of anilines is 3. The molecule has 202 valence electrons. The summed E-state index contributed by atoms with van der Waals surface area (Å²) in [6, 6.07) is 26.8. The number of benzene rings is 4. The normalized spacial score (nSPS) is 23.5. The number of Topliss-reactive ketones (excluding diaryl/α,β-unsaturated/α-hetero) is 1. The fourth-order valence-electron chi connectivity index (χ4n) is 6.66. The van der Waals surface area contributed by atoms with E-state index in [9.17, 15) is 14.4 Å². The molecule has 0 aromatic heterocycles. The van der Waals surface area contributed by atoms with Gasteiger partial charge in [0.2, 0.25) is 11.8 Å². The zero-order valence-electron chi connectivity index (χ0n) is 21.6. The second kappa shape index (κ2) is 9.61. The lowest BCUT2D eigenvalue weighted by Crippen LogP contribution is -2.51. The van der Waals surface area contributed by atoms with E-state index in [-0.39, 0.29) is 11.7 Å². The van der Waals surface area contributed by atoms with Gasteiger partial charge in [0.25, 0.3) is 0 Å². The van der Waals surface area contributed by atoms with Crippen LogP contribution < -0.4 is 15.5 Å². The number of carbonyl (C=O) groups is 3. The second-order valence-electron chi connectivity index (χ2n) is 10.4. The molecule has 0 bridgehead atoms. The van der Waals surface area contributed by atoms with Crippen LogP contribution in [0, 0.1) is 5.92 Å². The van der Waals surface area contributed by atoms with Crippen molar-refractivity contribution in [2.75, 3.05) is 15.5 Å². The van der Waals surface area contributed by atoms with Crippen molar-refractivity contribution in [1.29, 1.82) is 0 Å². The van der Waals surface area contributed by atoms with Crippen LogP contribution in [0.25, 0.3) is 6.08 Å². The molecular weight excluding hydrogens is 557 g/mol. The quantitative estimate of drug-likeness (QED) is 0.267. The zero-order valence-corrected chi connectivity index (χ0v) is 23.1. The maximum absolute atomic E-state index is 14.7. The Kier molecular flexibility index (Phi) is 6.00. The van der Waals surface area contributed by atoms with Crippen LogP contribution in [-0.2, 0) is 15.0 Å². The number of carbonyl (C=O) groups excluding carboxylic acids is 3. The van der Waals surface area contributed by atoms with Gasteiger partial charge in [-0.2, -0.15) is 0 Å². The van der Waals surface area contributed by atoms with Crippen molar-refractivity contribution in [2.24, 2.45) is 5.92 Å². The highest BCUT2D eigenvalue weighted by Crippen LogP contribution is 2.57. The van der Waals surface area contributed by atoms with Gasteiger partial charge in [0, 0.05) is 32.7 Å². The first-order valence-corrected chi connectivity index (χ1v) is 14.0. The topological polar surface area (TPSA) is 78.5 Å². The highest BCUT2D eigenvalue weighted by molar-refractivity contribution is 6.31. The molecule has 6 nitrogen and oxygen atoms in total. The monoisotopic (exact) mass is 579 g/mol. The van der Waals surface area contributed by atoms with Crippen molar-refractivity contribution in [3.63, 3.8) is 0 Å². The molecule has 1 spiro atoms. The molecule has 0 aliphatic carbocycles. The van der Waals surface area contributed by atoms with E-state index in [1.54, 1.807) is 48.5 Å². The SMILES string of the molecule is O=C(Nc1ccc(Cl)cc1)[C@@H]1[C@H](C(=O)c2ccc(Cl)cc2)[C@@]2(C(=O)Nc3ccccc32)C2C=Cc3ccccc3N21. The molecule has 0 radical (unpaired) electrons. The third-order valence-electron chi connectivity index (χ3n) is 8.33. The van der Waals surface area contributed by atoms with Crippen molar-refractivity contribution in [3.05, 3.63) is 130 Å². The first kappa shape index (κ1) is 25.6. The molecule has 8 heteroatoms. The van der Waals surface area contributed by atoms with Crippen LogP contribution >= 0.6 is 23.2 Å². The van der Waals surface area contributed by atoms with Gasteiger partial charge in [0.1, 0.15) is 11.5 Å². The minimum Gasteiger partial charge on any atom is -0.350 e. The number of para-hydroxylation sites is 2. The molecule has 0 saturated carbocycles. The molecule has 7 rings (SSSR count). The van der Waals surface area contributed by atoms with E-state index in [0.717, 1.165) is 11.3 Å². The van der Waals surface area contributed by atoms with Gasteiger partial charge in [-0.3, -0.25) is 14.4 Å². The number of ketones is 1. The summed E-state index contributed by atoms with van der Waals surface area (Å²) in [4.78, 5) is 45.3. The number of rotatable bonds is 4. The Balaban J connectivity index is 1.48. The molecule has 3 heterocycles. The largest absolute Gasteiger partial charge is 0.350 e. The summed E-state index contributed by atoms with van der Waals surface area (Å²) < 4.78 is 0. The Labute approximate surface area is 246 Å². The van der Waals surface area contributed by atoms with Crippen LogP contribution in [0.3, 0.4) is 0 Å². The first-order valence-electron chi connectivity index (χ1n) is 13.2. The average molecular weight is 580 g/mol. The van der Waals surface area contributed by atoms with E-state index >= 15 is 0 Å². The van der Waals surface area contributed by atoms with E-state index in [4.69, 9.17) is 23.2 Å². The third kappa shape index (κ3) is 3.82. The molecule has 3 aliphatic rings. The number of amides is 2. The number of nitrogens with one attached hydrogen (secondary N) is 2. The first-order chi connectivity index (χ1) is 19.9. The summed E-state index contributed by atoms with van der Waals surface area (Å²) in [6.07, 6.45) is 3.91. The van der Waals surface area contributed by atoms with Crippen molar-refractivity contribution in [2.45, 2.75) is 17.5 Å². The van der Waals surface area contributed by atoms with E-state index in [2.05, 4.69) is 10.6 Å². The van der Waals surface area contributed by atoms with Crippen molar-refractivity contribution >= 4 is 63.9 Å². The Morgan fingerprint density at radius 3 is 2.24 bits per heavy atom. The molecule has 3 aliphatic heterocycles. The number of halogens is 2.